The highest BCUT2D eigenvalue weighted by atomic mass is 16.7. The van der Waals surface area contributed by atoms with Gasteiger partial charge in [0, 0.05) is 18.4 Å². The van der Waals surface area contributed by atoms with Gasteiger partial charge in [-0.1, -0.05) is 58.7 Å². The number of carbonyl (C=O) groups excluding carboxylic acids is 1. The van der Waals surface area contributed by atoms with Crippen LogP contribution in [0, 0.1) is 0 Å². The number of azo groups is 1. The first-order valence-corrected chi connectivity index (χ1v) is 12.6. The highest BCUT2D eigenvalue weighted by Crippen LogP contribution is 2.32. The Hall–Kier alpha value is -2.95. The number of nitrogens with zero attached hydrogens (tertiary/aromatic N) is 2. The van der Waals surface area contributed by atoms with Crippen molar-refractivity contribution in [3.63, 3.8) is 0 Å². The van der Waals surface area contributed by atoms with Crippen LogP contribution in [0.3, 0.4) is 0 Å². The molecule has 1 atom stereocenters. The van der Waals surface area contributed by atoms with Gasteiger partial charge in [0.1, 0.15) is 5.75 Å². The highest BCUT2D eigenvalue weighted by molar-refractivity contribution is 5.87. The van der Waals surface area contributed by atoms with Crippen LogP contribution in [0.25, 0.3) is 0 Å². The molecule has 0 fully saturated rings. The fraction of sp³-hybridized carbons (Fsp3) is 0.483. The minimum atomic E-state index is -0.998. The summed E-state index contributed by atoms with van der Waals surface area (Å²) in [6.45, 7) is 11.8. The monoisotopic (exact) mass is 464 g/mol. The van der Waals surface area contributed by atoms with E-state index < -0.39 is 11.8 Å². The van der Waals surface area contributed by atoms with Gasteiger partial charge in [0.15, 0.2) is 0 Å². The summed E-state index contributed by atoms with van der Waals surface area (Å²) in [4.78, 5) is 12.4. The van der Waals surface area contributed by atoms with Crippen LogP contribution in [-0.2, 0) is 16.0 Å². The molecule has 0 aliphatic rings. The number of benzene rings is 2. The van der Waals surface area contributed by atoms with E-state index in [2.05, 4.69) is 49.7 Å². The quantitative estimate of drug-likeness (QED) is 0.0868. The van der Waals surface area contributed by atoms with E-state index in [0.29, 0.717) is 24.2 Å². The smallest absolute Gasteiger partial charge is 0.336 e. The summed E-state index contributed by atoms with van der Waals surface area (Å²) in [5.74, 6) is -0.780. The molecule has 0 spiro atoms. The van der Waals surface area contributed by atoms with Crippen molar-refractivity contribution in [2.45, 2.75) is 91.3 Å². The van der Waals surface area contributed by atoms with E-state index in [4.69, 9.17) is 9.47 Å². The maximum atomic E-state index is 12.4. The Labute approximate surface area is 205 Å². The first-order chi connectivity index (χ1) is 16.4. The maximum absolute atomic E-state index is 12.4. The summed E-state index contributed by atoms with van der Waals surface area (Å²) in [6, 6.07) is 15.6. The first-order valence-electron chi connectivity index (χ1n) is 12.6. The van der Waals surface area contributed by atoms with Crippen LogP contribution in [-0.4, -0.2) is 11.8 Å². The molecule has 34 heavy (non-hydrogen) atoms. The molecule has 0 aliphatic carbocycles. The van der Waals surface area contributed by atoms with E-state index in [1.54, 1.807) is 6.92 Å². The Kier molecular flexibility index (Phi) is 11.5. The van der Waals surface area contributed by atoms with Gasteiger partial charge < -0.3 is 9.47 Å². The third-order valence-corrected chi connectivity index (χ3v) is 5.60. The number of hydrogen-bond acceptors (Lipinski definition) is 5. The lowest BCUT2D eigenvalue weighted by molar-refractivity contribution is -0.199. The summed E-state index contributed by atoms with van der Waals surface area (Å²) in [6.07, 6.45) is 8.62. The molecule has 0 amide bonds. The van der Waals surface area contributed by atoms with E-state index in [-0.39, 0.29) is 0 Å². The maximum Gasteiger partial charge on any atom is 0.336 e. The molecule has 0 aliphatic heterocycles. The number of carbonyl (C=O) groups is 1. The standard InChI is InChI=1S/C29H40N2O3/c1-6-9-11-22-29(21-8-3,34-28(32)23(4)5)33-27-19-17-26(18-20-27)31-30-25-15-13-24(14-16-25)12-10-7-2/h13-20H,4,6-12,21-22H2,1-3,5H3. The predicted molar refractivity (Wildman–Crippen MR) is 139 cm³/mol. The zero-order chi connectivity index (χ0) is 24.8. The van der Waals surface area contributed by atoms with Crippen molar-refractivity contribution < 1.29 is 14.3 Å². The number of aryl methyl sites for hydroxylation is 1. The first kappa shape index (κ1) is 27.3. The van der Waals surface area contributed by atoms with Crippen molar-refractivity contribution in [2.24, 2.45) is 10.2 Å². The zero-order valence-electron chi connectivity index (χ0n) is 21.3. The van der Waals surface area contributed by atoms with Gasteiger partial charge in [-0.2, -0.15) is 10.2 Å². The molecule has 0 aromatic heterocycles. The van der Waals surface area contributed by atoms with Crippen LogP contribution in [0.1, 0.15) is 84.6 Å². The third-order valence-electron chi connectivity index (χ3n) is 5.60. The van der Waals surface area contributed by atoms with Crippen LogP contribution in [0.15, 0.2) is 70.9 Å². The Morgan fingerprint density at radius 2 is 1.41 bits per heavy atom. The molecule has 2 rings (SSSR count). The van der Waals surface area contributed by atoms with Crippen molar-refractivity contribution in [3.05, 3.63) is 66.2 Å². The van der Waals surface area contributed by atoms with Crippen molar-refractivity contribution in [1.29, 1.82) is 0 Å². The molecule has 1 unspecified atom stereocenters. The minimum absolute atomic E-state index is 0.369. The highest BCUT2D eigenvalue weighted by Gasteiger charge is 2.35. The van der Waals surface area contributed by atoms with Crippen molar-refractivity contribution >= 4 is 17.3 Å². The number of unbranched alkanes of at least 4 members (excludes halogenated alkanes) is 3. The van der Waals surface area contributed by atoms with Crippen LogP contribution in [0.4, 0.5) is 11.4 Å². The van der Waals surface area contributed by atoms with Crippen LogP contribution in [0.5, 0.6) is 5.75 Å². The summed E-state index contributed by atoms with van der Waals surface area (Å²) in [5.41, 5.74) is 3.25. The lowest BCUT2D eigenvalue weighted by Crippen LogP contribution is -2.41. The minimum Gasteiger partial charge on any atom is -0.452 e. The number of ether oxygens (including phenoxy) is 2. The number of esters is 1. The van der Waals surface area contributed by atoms with Crippen molar-refractivity contribution in [3.8, 4) is 5.75 Å². The number of hydrogen-bond donors (Lipinski definition) is 0. The molecule has 5 heteroatoms. The zero-order valence-corrected chi connectivity index (χ0v) is 21.3. The Balaban J connectivity index is 2.11. The Morgan fingerprint density at radius 1 is 0.824 bits per heavy atom. The summed E-state index contributed by atoms with van der Waals surface area (Å²) < 4.78 is 12.2. The fourth-order valence-corrected chi connectivity index (χ4v) is 3.65. The second-order valence-electron chi connectivity index (χ2n) is 8.85. The van der Waals surface area contributed by atoms with E-state index in [1.165, 1.54) is 18.4 Å². The van der Waals surface area contributed by atoms with Crippen LogP contribution < -0.4 is 4.74 Å². The molecule has 0 heterocycles. The molecular weight excluding hydrogens is 424 g/mol. The molecule has 184 valence electrons. The predicted octanol–water partition coefficient (Wildman–Crippen LogP) is 9.02. The van der Waals surface area contributed by atoms with Gasteiger partial charge in [-0.15, -0.1) is 0 Å². The van der Waals surface area contributed by atoms with Gasteiger partial charge in [-0.3, -0.25) is 0 Å². The molecular formula is C29H40N2O3. The second-order valence-corrected chi connectivity index (χ2v) is 8.85. The topological polar surface area (TPSA) is 60.2 Å². The second kappa shape index (κ2) is 14.3. The van der Waals surface area contributed by atoms with Gasteiger partial charge in [0.25, 0.3) is 5.79 Å². The lowest BCUT2D eigenvalue weighted by atomic mass is 10.0. The van der Waals surface area contributed by atoms with Gasteiger partial charge in [0.2, 0.25) is 0 Å². The Morgan fingerprint density at radius 3 is 1.94 bits per heavy atom. The molecule has 0 N–H and O–H groups in total. The summed E-state index contributed by atoms with van der Waals surface area (Å²) in [7, 11) is 0. The third kappa shape index (κ3) is 9.12. The van der Waals surface area contributed by atoms with Crippen molar-refractivity contribution in [2.75, 3.05) is 0 Å². The number of rotatable bonds is 15. The van der Waals surface area contributed by atoms with Gasteiger partial charge >= 0.3 is 5.97 Å². The average Bonchev–Trinajstić information content (AvgIpc) is 2.83. The van der Waals surface area contributed by atoms with Gasteiger partial charge in [-0.05, 0) is 74.6 Å². The largest absolute Gasteiger partial charge is 0.452 e. The van der Waals surface area contributed by atoms with E-state index in [0.717, 1.165) is 43.5 Å². The van der Waals surface area contributed by atoms with E-state index in [1.807, 2.05) is 36.4 Å². The Bertz CT molecular complexity index is 919. The molecule has 2 aromatic rings. The SMILES string of the molecule is C=C(C)C(=O)OC(CCC)(CCCCC)Oc1ccc(N=Nc2ccc(CCCC)cc2)cc1. The van der Waals surface area contributed by atoms with Gasteiger partial charge in [0.05, 0.1) is 11.4 Å². The molecule has 5 nitrogen and oxygen atoms in total. The summed E-state index contributed by atoms with van der Waals surface area (Å²) >= 11 is 0. The average molecular weight is 465 g/mol. The molecule has 0 bridgehead atoms. The molecule has 2 aromatic carbocycles. The summed E-state index contributed by atoms with van der Waals surface area (Å²) in [5, 5.41) is 8.69. The van der Waals surface area contributed by atoms with Crippen LogP contribution in [0.2, 0.25) is 0 Å². The van der Waals surface area contributed by atoms with E-state index >= 15 is 0 Å². The van der Waals surface area contributed by atoms with E-state index in [9.17, 15) is 4.79 Å². The molecule has 0 saturated heterocycles. The lowest BCUT2D eigenvalue weighted by Gasteiger charge is -2.34. The fourth-order valence-electron chi connectivity index (χ4n) is 3.65. The normalized spacial score (nSPS) is 12.9. The van der Waals surface area contributed by atoms with Crippen LogP contribution >= 0.6 is 0 Å². The van der Waals surface area contributed by atoms with Crippen molar-refractivity contribution in [1.82, 2.24) is 0 Å². The molecule has 0 radical (unpaired) electrons. The molecule has 0 saturated carbocycles. The van der Waals surface area contributed by atoms with Gasteiger partial charge in [-0.25, -0.2) is 4.79 Å².